The number of rotatable bonds is 8. The fourth-order valence-electron chi connectivity index (χ4n) is 4.03. The van der Waals surface area contributed by atoms with Gasteiger partial charge in [-0.2, -0.15) is 0 Å². The van der Waals surface area contributed by atoms with E-state index in [1.54, 1.807) is 20.5 Å². The molecule has 0 radical (unpaired) electrons. The van der Waals surface area contributed by atoms with Gasteiger partial charge in [-0.15, -0.1) is 0 Å². The molecule has 1 aliphatic carbocycles. The van der Waals surface area contributed by atoms with Gasteiger partial charge in [-0.05, 0) is 41.3 Å². The lowest BCUT2D eigenvalue weighted by molar-refractivity contribution is -0.287. The van der Waals surface area contributed by atoms with Gasteiger partial charge >= 0.3 is 0 Å². The molecular weight excluding hydrogens is 380 g/mol. The number of Topliss-reactive ketones (excluding diaryl/α,β-unsaturated/α-hetero) is 1. The molecule has 1 aromatic rings. The quantitative estimate of drug-likeness (QED) is 0.488. The molecule has 3 rings (SSSR count). The van der Waals surface area contributed by atoms with Gasteiger partial charge in [-0.3, -0.25) is 4.79 Å². The van der Waals surface area contributed by atoms with E-state index in [4.69, 9.17) is 23.4 Å². The number of hydrogen-bond acceptors (Lipinski definition) is 6. The first-order valence-electron chi connectivity index (χ1n) is 8.14. The van der Waals surface area contributed by atoms with Gasteiger partial charge in [0.15, 0.2) is 5.79 Å². The van der Waals surface area contributed by atoms with Gasteiger partial charge in [0, 0.05) is 33.7 Å². The minimum Gasteiger partial charge on any atom is -0.465 e. The maximum Gasteiger partial charge on any atom is 0.185 e. The van der Waals surface area contributed by atoms with E-state index in [1.807, 2.05) is 6.07 Å². The van der Waals surface area contributed by atoms with E-state index in [2.05, 4.69) is 15.9 Å². The molecular formula is C17H23BrO6. The van der Waals surface area contributed by atoms with Crippen molar-refractivity contribution < 1.29 is 28.2 Å². The van der Waals surface area contributed by atoms with Gasteiger partial charge in [0.25, 0.3) is 0 Å². The second-order valence-corrected chi connectivity index (χ2v) is 7.20. The van der Waals surface area contributed by atoms with Crippen LogP contribution in [0.1, 0.15) is 44.0 Å². The highest BCUT2D eigenvalue weighted by molar-refractivity contribution is 9.10. The summed E-state index contributed by atoms with van der Waals surface area (Å²) in [7, 11) is 3.23. The molecule has 2 heterocycles. The number of hydrogen-bond donors (Lipinski definition) is 0. The average Bonchev–Trinajstić information content (AvgIpc) is 3.19. The fraction of sp³-hybridized carbons (Fsp3) is 0.706. The van der Waals surface area contributed by atoms with Gasteiger partial charge in [-0.1, -0.05) is 0 Å². The monoisotopic (exact) mass is 402 g/mol. The van der Waals surface area contributed by atoms with Crippen LogP contribution in [0.3, 0.4) is 0 Å². The van der Waals surface area contributed by atoms with E-state index in [0.29, 0.717) is 38.1 Å². The minimum absolute atomic E-state index is 0.0886. The first-order chi connectivity index (χ1) is 11.6. The Bertz CT molecular complexity index is 587. The van der Waals surface area contributed by atoms with Crippen LogP contribution in [-0.2, 0) is 23.7 Å². The second kappa shape index (κ2) is 7.25. The summed E-state index contributed by atoms with van der Waals surface area (Å²) in [6.07, 6.45) is 4.27. The molecule has 1 saturated carbocycles. The first kappa shape index (κ1) is 18.1. The summed E-state index contributed by atoms with van der Waals surface area (Å²) in [6, 6.07) is 1.83. The Balaban J connectivity index is 1.91. The maximum atomic E-state index is 12.9. The van der Waals surface area contributed by atoms with Crippen LogP contribution in [0.5, 0.6) is 0 Å². The Morgan fingerprint density at radius 2 is 2.21 bits per heavy atom. The van der Waals surface area contributed by atoms with Crippen LogP contribution in [-0.4, -0.2) is 39.2 Å². The summed E-state index contributed by atoms with van der Waals surface area (Å²) in [5.41, 5.74) is -0.680. The third-order valence-corrected chi connectivity index (χ3v) is 5.76. The number of carbonyl (C=O) groups excluding carboxylic acids is 1. The number of ether oxygens (including phenoxy) is 4. The molecule has 1 unspecified atom stereocenters. The number of methoxy groups -OCH3 is 2. The van der Waals surface area contributed by atoms with Crippen molar-refractivity contribution in [3.8, 4) is 0 Å². The van der Waals surface area contributed by atoms with Crippen molar-refractivity contribution in [2.24, 2.45) is 5.41 Å². The van der Waals surface area contributed by atoms with Crippen LogP contribution in [0.2, 0.25) is 0 Å². The standard InChI is InChI=1S/C17H23BrO6/c1-20-8-3-6-16-10-13(15-12(18)5-9-22-15)24-17(16,23-11-21-2)7-4-14(16)19/h5,9,13H,3-4,6-8,10-11H2,1-2H3/t13?,16-,17+/m1/s1. The van der Waals surface area contributed by atoms with Gasteiger partial charge in [0.1, 0.15) is 24.4 Å². The Hall–Kier alpha value is -0.730. The highest BCUT2D eigenvalue weighted by atomic mass is 79.9. The molecule has 134 valence electrons. The average molecular weight is 403 g/mol. The molecule has 1 aliphatic heterocycles. The summed E-state index contributed by atoms with van der Waals surface area (Å²) in [5.74, 6) is -0.0614. The predicted octanol–water partition coefficient (Wildman–Crippen LogP) is 3.60. The zero-order valence-electron chi connectivity index (χ0n) is 14.0. The molecule has 3 atom stereocenters. The van der Waals surface area contributed by atoms with Gasteiger partial charge in [-0.25, -0.2) is 0 Å². The van der Waals surface area contributed by atoms with E-state index >= 15 is 0 Å². The lowest BCUT2D eigenvalue weighted by atomic mass is 9.74. The van der Waals surface area contributed by atoms with E-state index in [-0.39, 0.29) is 18.7 Å². The Morgan fingerprint density at radius 1 is 1.38 bits per heavy atom. The summed E-state index contributed by atoms with van der Waals surface area (Å²) in [5, 5.41) is 0. The molecule has 1 aromatic heterocycles. The Kier molecular flexibility index (Phi) is 5.46. The number of ketones is 1. The van der Waals surface area contributed by atoms with Crippen molar-refractivity contribution in [2.75, 3.05) is 27.6 Å². The molecule has 0 aromatic carbocycles. The second-order valence-electron chi connectivity index (χ2n) is 6.35. The van der Waals surface area contributed by atoms with Crippen LogP contribution in [0.4, 0.5) is 0 Å². The van der Waals surface area contributed by atoms with Gasteiger partial charge in [0.05, 0.1) is 16.2 Å². The van der Waals surface area contributed by atoms with Crippen molar-refractivity contribution in [1.82, 2.24) is 0 Å². The summed E-state index contributed by atoms with van der Waals surface area (Å²) in [6.45, 7) is 0.690. The van der Waals surface area contributed by atoms with Crippen LogP contribution in [0, 0.1) is 5.41 Å². The Labute approximate surface area is 149 Å². The number of carbonyl (C=O) groups is 1. The van der Waals surface area contributed by atoms with Crippen LogP contribution in [0.25, 0.3) is 0 Å². The summed E-state index contributed by atoms with van der Waals surface area (Å²) < 4.78 is 29.0. The highest BCUT2D eigenvalue weighted by Gasteiger charge is 2.68. The maximum absolute atomic E-state index is 12.9. The fourth-order valence-corrected chi connectivity index (χ4v) is 4.48. The molecule has 0 amide bonds. The smallest absolute Gasteiger partial charge is 0.185 e. The van der Waals surface area contributed by atoms with Crippen molar-refractivity contribution in [3.05, 3.63) is 22.6 Å². The van der Waals surface area contributed by atoms with Crippen molar-refractivity contribution in [3.63, 3.8) is 0 Å². The largest absolute Gasteiger partial charge is 0.465 e. The third kappa shape index (κ3) is 2.86. The van der Waals surface area contributed by atoms with E-state index in [0.717, 1.165) is 10.9 Å². The number of halogens is 1. The molecule has 6 nitrogen and oxygen atoms in total. The topological polar surface area (TPSA) is 67.1 Å². The molecule has 2 fully saturated rings. The SMILES string of the molecule is COCCC[C@]12CC(c3occc3Br)O[C@@]1(OCOC)CCC2=O. The lowest BCUT2D eigenvalue weighted by Crippen LogP contribution is -2.46. The Morgan fingerprint density at radius 3 is 2.88 bits per heavy atom. The third-order valence-electron chi connectivity index (χ3n) is 5.11. The summed E-state index contributed by atoms with van der Waals surface area (Å²) in [4.78, 5) is 12.9. The predicted molar refractivity (Wildman–Crippen MR) is 88.3 cm³/mol. The van der Waals surface area contributed by atoms with E-state index in [1.165, 1.54) is 0 Å². The van der Waals surface area contributed by atoms with E-state index < -0.39 is 11.2 Å². The van der Waals surface area contributed by atoms with Gasteiger partial charge < -0.3 is 23.4 Å². The van der Waals surface area contributed by atoms with Gasteiger partial charge in [0.2, 0.25) is 0 Å². The number of fused-ring (bicyclic) bond motifs is 1. The molecule has 2 aliphatic rings. The zero-order chi connectivity index (χ0) is 17.2. The zero-order valence-corrected chi connectivity index (χ0v) is 15.6. The lowest BCUT2D eigenvalue weighted by Gasteiger charge is -2.37. The molecule has 0 N–H and O–H groups in total. The minimum atomic E-state index is -0.954. The van der Waals surface area contributed by atoms with Crippen LogP contribution < -0.4 is 0 Å². The molecule has 0 spiro atoms. The van der Waals surface area contributed by atoms with E-state index in [9.17, 15) is 4.79 Å². The van der Waals surface area contributed by atoms with Crippen molar-refractivity contribution in [2.45, 2.75) is 44.0 Å². The molecule has 0 bridgehead atoms. The highest BCUT2D eigenvalue weighted by Crippen LogP contribution is 2.62. The normalized spacial score (nSPS) is 32.5. The van der Waals surface area contributed by atoms with Crippen LogP contribution >= 0.6 is 15.9 Å². The summed E-state index contributed by atoms with van der Waals surface area (Å²) >= 11 is 3.48. The first-order valence-corrected chi connectivity index (χ1v) is 8.94. The van der Waals surface area contributed by atoms with Crippen molar-refractivity contribution in [1.29, 1.82) is 0 Å². The van der Waals surface area contributed by atoms with Crippen molar-refractivity contribution >= 4 is 21.7 Å². The molecule has 24 heavy (non-hydrogen) atoms. The van der Waals surface area contributed by atoms with Crippen LogP contribution in [0.15, 0.2) is 21.2 Å². The molecule has 1 saturated heterocycles. The molecule has 7 heteroatoms. The number of furan rings is 1.